The molecule has 0 atom stereocenters. The summed E-state index contributed by atoms with van der Waals surface area (Å²) in [5, 5.41) is 6.35. The molecule has 0 unspecified atom stereocenters. The monoisotopic (exact) mass is 509 g/mol. The molecule has 184 valence electrons. The van der Waals surface area contributed by atoms with E-state index >= 15 is 0 Å². The lowest BCUT2D eigenvalue weighted by atomic mass is 10.2. The molecule has 1 aliphatic heterocycles. The summed E-state index contributed by atoms with van der Waals surface area (Å²) in [6.45, 7) is 4.17. The molecule has 1 fully saturated rings. The molecule has 7 rings (SSSR count). The second-order valence-corrected chi connectivity index (χ2v) is 9.84. The van der Waals surface area contributed by atoms with Crippen molar-refractivity contribution in [2.45, 2.75) is 0 Å². The Morgan fingerprint density at radius 2 is 1.73 bits per heavy atom. The quantitative estimate of drug-likeness (QED) is 0.386. The van der Waals surface area contributed by atoms with Gasteiger partial charge in [0, 0.05) is 54.5 Å². The van der Waals surface area contributed by atoms with E-state index < -0.39 is 0 Å². The molecule has 37 heavy (non-hydrogen) atoms. The Balaban J connectivity index is 1.27. The van der Waals surface area contributed by atoms with E-state index in [0.29, 0.717) is 28.4 Å². The Hall–Kier alpha value is -4.35. The molecule has 0 saturated carbocycles. The average Bonchev–Trinajstić information content (AvgIpc) is 3.56. The second-order valence-electron chi connectivity index (χ2n) is 9.12. The molecule has 0 radical (unpaired) electrons. The van der Waals surface area contributed by atoms with Gasteiger partial charge in [-0.15, -0.1) is 11.3 Å². The van der Waals surface area contributed by atoms with E-state index in [-0.39, 0.29) is 5.56 Å². The first-order chi connectivity index (χ1) is 18.2. The number of likely N-dealkylation sites (N-methyl/N-ethyl adjacent to an activating group) is 1. The predicted octanol–water partition coefficient (Wildman–Crippen LogP) is 3.53. The van der Waals surface area contributed by atoms with Crippen LogP contribution in [0.3, 0.4) is 0 Å². The van der Waals surface area contributed by atoms with Crippen molar-refractivity contribution >= 4 is 56.2 Å². The smallest absolute Gasteiger partial charge is 0.284 e. The summed E-state index contributed by atoms with van der Waals surface area (Å²) in [5.41, 5.74) is 5.29. The minimum atomic E-state index is -0.243. The lowest BCUT2D eigenvalue weighted by molar-refractivity contribution is 0.313. The molecular weight excluding hydrogens is 486 g/mol. The Kier molecular flexibility index (Phi) is 5.11. The molecular formula is C26H23N9OS. The van der Waals surface area contributed by atoms with Crippen molar-refractivity contribution in [1.82, 2.24) is 34.0 Å². The lowest BCUT2D eigenvalue weighted by Gasteiger charge is -2.34. The van der Waals surface area contributed by atoms with Crippen molar-refractivity contribution in [3.05, 3.63) is 76.0 Å². The van der Waals surface area contributed by atoms with Gasteiger partial charge in [-0.05, 0) is 43.4 Å². The van der Waals surface area contributed by atoms with Crippen molar-refractivity contribution in [3.8, 4) is 5.82 Å². The van der Waals surface area contributed by atoms with Crippen molar-refractivity contribution in [2.75, 3.05) is 43.4 Å². The molecule has 0 amide bonds. The second kappa shape index (κ2) is 8.64. The topological polar surface area (TPSA) is 96.5 Å². The first kappa shape index (κ1) is 21.9. The number of fused-ring (bicyclic) bond motifs is 4. The van der Waals surface area contributed by atoms with E-state index in [1.54, 1.807) is 14.7 Å². The summed E-state index contributed by atoms with van der Waals surface area (Å²) < 4.78 is 3.35. The fourth-order valence-corrected chi connectivity index (χ4v) is 5.34. The summed E-state index contributed by atoms with van der Waals surface area (Å²) >= 11 is 1.47. The van der Waals surface area contributed by atoms with E-state index in [2.05, 4.69) is 49.2 Å². The number of nitrogens with zero attached hydrogens (tertiary/aromatic N) is 8. The normalized spacial score (nSPS) is 14.7. The molecule has 0 spiro atoms. The molecule has 6 aromatic rings. The first-order valence-electron chi connectivity index (χ1n) is 12.0. The van der Waals surface area contributed by atoms with E-state index in [0.717, 1.165) is 42.8 Å². The molecule has 2 aromatic carbocycles. The number of benzene rings is 2. The van der Waals surface area contributed by atoms with Gasteiger partial charge in [-0.2, -0.15) is 9.50 Å². The standard InChI is InChI=1S/C26H23N9OS/c1-32-10-12-33(13-11-32)18-8-6-17(7-9-18)29-26-27-14-20-23(31-26)30-24-19-4-2-3-5-21(19)34(35(24)25(20)36)22-15-37-16-28-22/h2-9,14-16H,10-13H2,1H3,(H,27,29,31). The highest BCUT2D eigenvalue weighted by molar-refractivity contribution is 7.07. The van der Waals surface area contributed by atoms with Crippen LogP contribution in [0.2, 0.25) is 0 Å². The van der Waals surface area contributed by atoms with Crippen LogP contribution in [0, 0.1) is 0 Å². The molecule has 1 aliphatic rings. The lowest BCUT2D eigenvalue weighted by Crippen LogP contribution is -2.44. The molecule has 0 bridgehead atoms. The van der Waals surface area contributed by atoms with Crippen LogP contribution in [0.5, 0.6) is 0 Å². The first-order valence-corrected chi connectivity index (χ1v) is 13.0. The van der Waals surface area contributed by atoms with Gasteiger partial charge in [0.2, 0.25) is 5.95 Å². The van der Waals surface area contributed by atoms with Crippen LogP contribution in [0.1, 0.15) is 0 Å². The molecule has 11 heteroatoms. The zero-order valence-corrected chi connectivity index (χ0v) is 20.9. The third kappa shape index (κ3) is 3.71. The largest absolute Gasteiger partial charge is 0.369 e. The summed E-state index contributed by atoms with van der Waals surface area (Å²) in [6.07, 6.45) is 1.54. The maximum atomic E-state index is 13.6. The Labute approximate surface area is 215 Å². The number of hydrogen-bond acceptors (Lipinski definition) is 9. The van der Waals surface area contributed by atoms with Gasteiger partial charge >= 0.3 is 0 Å². The predicted molar refractivity (Wildman–Crippen MR) is 146 cm³/mol. The van der Waals surface area contributed by atoms with Crippen molar-refractivity contribution in [2.24, 2.45) is 0 Å². The maximum absolute atomic E-state index is 13.6. The van der Waals surface area contributed by atoms with Gasteiger partial charge < -0.3 is 15.1 Å². The van der Waals surface area contributed by atoms with Crippen LogP contribution in [-0.2, 0) is 0 Å². The maximum Gasteiger partial charge on any atom is 0.284 e. The molecule has 1 saturated heterocycles. The molecule has 1 N–H and O–H groups in total. The fraction of sp³-hybridized carbons (Fsp3) is 0.192. The number of para-hydroxylation sites is 1. The van der Waals surface area contributed by atoms with Gasteiger partial charge in [0.25, 0.3) is 5.56 Å². The fourth-order valence-electron chi connectivity index (χ4n) is 4.83. The minimum absolute atomic E-state index is 0.243. The molecule has 5 heterocycles. The van der Waals surface area contributed by atoms with E-state index in [1.165, 1.54) is 23.2 Å². The third-order valence-electron chi connectivity index (χ3n) is 6.81. The zero-order chi connectivity index (χ0) is 24.9. The van der Waals surface area contributed by atoms with Gasteiger partial charge in [-0.1, -0.05) is 12.1 Å². The third-order valence-corrected chi connectivity index (χ3v) is 7.38. The van der Waals surface area contributed by atoms with Gasteiger partial charge in [0.1, 0.15) is 5.39 Å². The van der Waals surface area contributed by atoms with Crippen molar-refractivity contribution in [3.63, 3.8) is 0 Å². The minimum Gasteiger partial charge on any atom is -0.369 e. The van der Waals surface area contributed by atoms with Crippen molar-refractivity contribution < 1.29 is 0 Å². The SMILES string of the molecule is CN1CCN(c2ccc(Nc3ncc4c(=O)n5c(nc4n3)c3ccccc3n5-c3cscn3)cc2)CC1. The molecule has 0 aliphatic carbocycles. The summed E-state index contributed by atoms with van der Waals surface area (Å²) in [5.74, 6) is 1.05. The number of hydrogen-bond donors (Lipinski definition) is 1. The van der Waals surface area contributed by atoms with Crippen LogP contribution in [0.25, 0.3) is 33.4 Å². The van der Waals surface area contributed by atoms with Crippen molar-refractivity contribution in [1.29, 1.82) is 0 Å². The van der Waals surface area contributed by atoms with Gasteiger partial charge in [0.15, 0.2) is 17.1 Å². The number of rotatable bonds is 4. The number of nitrogens with one attached hydrogen (secondary N) is 1. The van der Waals surface area contributed by atoms with Crippen LogP contribution in [0.4, 0.5) is 17.3 Å². The van der Waals surface area contributed by atoms with Gasteiger partial charge in [-0.3, -0.25) is 4.79 Å². The molecule has 4 aromatic heterocycles. The van der Waals surface area contributed by atoms with Crippen LogP contribution < -0.4 is 15.8 Å². The highest BCUT2D eigenvalue weighted by Crippen LogP contribution is 2.25. The number of thiazole rings is 1. The van der Waals surface area contributed by atoms with Crippen LogP contribution in [-0.4, -0.2) is 67.3 Å². The Bertz CT molecular complexity index is 1800. The zero-order valence-electron chi connectivity index (χ0n) is 20.1. The Morgan fingerprint density at radius 1 is 0.919 bits per heavy atom. The molecule has 10 nitrogen and oxygen atoms in total. The number of aromatic nitrogens is 6. The van der Waals surface area contributed by atoms with Crippen LogP contribution >= 0.6 is 11.3 Å². The van der Waals surface area contributed by atoms with E-state index in [1.807, 2.05) is 41.8 Å². The van der Waals surface area contributed by atoms with E-state index in [4.69, 9.17) is 4.98 Å². The van der Waals surface area contributed by atoms with Gasteiger partial charge in [0.05, 0.1) is 11.0 Å². The average molecular weight is 510 g/mol. The van der Waals surface area contributed by atoms with E-state index in [9.17, 15) is 4.79 Å². The number of anilines is 3. The summed E-state index contributed by atoms with van der Waals surface area (Å²) in [7, 11) is 2.15. The van der Waals surface area contributed by atoms with Gasteiger partial charge in [-0.25, -0.2) is 19.6 Å². The highest BCUT2D eigenvalue weighted by atomic mass is 32.1. The highest BCUT2D eigenvalue weighted by Gasteiger charge is 2.19. The van der Waals surface area contributed by atoms with Crippen LogP contribution in [0.15, 0.2) is 70.4 Å². The Morgan fingerprint density at radius 3 is 2.51 bits per heavy atom. The summed E-state index contributed by atoms with van der Waals surface area (Å²) in [4.78, 5) is 36.6. The number of piperazine rings is 1. The summed E-state index contributed by atoms with van der Waals surface area (Å²) in [6, 6.07) is 16.0.